The van der Waals surface area contributed by atoms with Crippen LogP contribution in [0.4, 0.5) is 11.4 Å². The number of hydrogen-bond donors (Lipinski definition) is 0. The maximum Gasteiger partial charge on any atom is 0.0537 e. The van der Waals surface area contributed by atoms with Crippen molar-refractivity contribution in [2.24, 2.45) is 0 Å². The molecule has 7 aromatic carbocycles. The highest BCUT2D eigenvalue weighted by Gasteiger charge is 2.37. The lowest BCUT2D eigenvalue weighted by atomic mass is 9.82. The molecule has 1 aliphatic rings. The molecule has 288 valence electrons. The van der Waals surface area contributed by atoms with Gasteiger partial charge >= 0.3 is 0 Å². The fourth-order valence-corrected chi connectivity index (χ4v) is 8.38. The van der Waals surface area contributed by atoms with Crippen LogP contribution in [0, 0.1) is 13.8 Å². The van der Waals surface area contributed by atoms with E-state index in [1.807, 2.05) is 24.3 Å². The average Bonchev–Trinajstić information content (AvgIpc) is 3.50. The van der Waals surface area contributed by atoms with Gasteiger partial charge in [0.15, 0.2) is 0 Å². The van der Waals surface area contributed by atoms with Gasteiger partial charge in [-0.2, -0.15) is 0 Å². The van der Waals surface area contributed by atoms with Gasteiger partial charge in [-0.25, -0.2) is 0 Å². The molecular formula is C57H55N. The zero-order chi connectivity index (χ0) is 40.6. The van der Waals surface area contributed by atoms with Gasteiger partial charge in [0, 0.05) is 22.9 Å². The highest BCUT2D eigenvalue weighted by molar-refractivity contribution is 5.94. The first kappa shape index (κ1) is 39.8. The van der Waals surface area contributed by atoms with Crippen LogP contribution in [0.1, 0.15) is 73.4 Å². The van der Waals surface area contributed by atoms with E-state index in [0.29, 0.717) is 5.92 Å². The van der Waals surface area contributed by atoms with Crippen LogP contribution in [-0.4, -0.2) is 0 Å². The summed E-state index contributed by atoms with van der Waals surface area (Å²) in [5, 5.41) is 0. The molecule has 0 spiro atoms. The van der Waals surface area contributed by atoms with Crippen molar-refractivity contribution in [1.82, 2.24) is 0 Å². The Labute approximate surface area is 347 Å². The number of allylic oxidation sites excluding steroid dienone is 4. The van der Waals surface area contributed by atoms with Crippen LogP contribution in [0.5, 0.6) is 0 Å². The van der Waals surface area contributed by atoms with Crippen molar-refractivity contribution < 1.29 is 0 Å². The van der Waals surface area contributed by atoms with Crippen molar-refractivity contribution in [3.63, 3.8) is 0 Å². The highest BCUT2D eigenvalue weighted by Crippen LogP contribution is 2.53. The largest absolute Gasteiger partial charge is 0.317 e. The topological polar surface area (TPSA) is 3.24 Å². The normalized spacial score (nSPS) is 13.2. The Hall–Kier alpha value is -6.44. The predicted octanol–water partition coefficient (Wildman–Crippen LogP) is 16.1. The first-order valence-electron chi connectivity index (χ1n) is 20.6. The van der Waals surface area contributed by atoms with Crippen LogP contribution in [-0.2, 0) is 5.41 Å². The molecule has 0 aromatic heterocycles. The van der Waals surface area contributed by atoms with Crippen LogP contribution in [0.15, 0.2) is 201 Å². The van der Waals surface area contributed by atoms with E-state index in [0.717, 1.165) is 23.2 Å². The van der Waals surface area contributed by atoms with E-state index in [4.69, 9.17) is 0 Å². The van der Waals surface area contributed by atoms with Crippen molar-refractivity contribution in [1.29, 1.82) is 0 Å². The minimum Gasteiger partial charge on any atom is -0.317 e. The van der Waals surface area contributed by atoms with Crippen molar-refractivity contribution in [3.8, 4) is 33.4 Å². The average molecular weight is 754 g/mol. The molecule has 0 N–H and O–H groups in total. The van der Waals surface area contributed by atoms with Gasteiger partial charge in [-0.1, -0.05) is 204 Å². The molecule has 7 aromatic rings. The van der Waals surface area contributed by atoms with E-state index in [-0.39, 0.29) is 5.41 Å². The van der Waals surface area contributed by atoms with Gasteiger partial charge in [0.25, 0.3) is 0 Å². The molecule has 8 rings (SSSR count). The molecule has 1 heteroatoms. The first-order chi connectivity index (χ1) is 28.2. The third-order valence-corrected chi connectivity index (χ3v) is 11.7. The lowest BCUT2D eigenvalue weighted by molar-refractivity contribution is 0.660. The van der Waals surface area contributed by atoms with Crippen LogP contribution < -0.4 is 4.90 Å². The maximum absolute atomic E-state index is 4.03. The number of nitrogens with zero attached hydrogens (tertiary/aromatic N) is 1. The summed E-state index contributed by atoms with van der Waals surface area (Å²) in [5.74, 6) is 0.481. The number of anilines is 2. The zero-order valence-corrected chi connectivity index (χ0v) is 34.9. The molecule has 0 saturated heterocycles. The number of rotatable bonds is 10. The molecule has 1 nitrogen and oxygen atoms in total. The van der Waals surface area contributed by atoms with E-state index in [2.05, 4.69) is 223 Å². The summed E-state index contributed by atoms with van der Waals surface area (Å²) in [6, 6.07) is 61.2. The fourth-order valence-electron chi connectivity index (χ4n) is 8.38. The standard InChI is InChI=1S/C50H47N.C7H8/c1-7-18-37(38-20-10-9-11-21-38)33-34-51(47-28-17-27-46-49(47)44-24-14-15-26-45(44)50(46,5)6)40-31-29-39(30-32-40)42-25-16-19-36(4)48(42)43-23-13-12-22-41(43)35(3)8-2;1-7-5-3-2-4-6-7/h7,9-35H,1,8H2,2-6H3;2-6H,1H3/b34-33-,37-18+;. The number of aryl methyl sites for hydroxylation is 2. The van der Waals surface area contributed by atoms with Crippen molar-refractivity contribution >= 4 is 16.9 Å². The Kier molecular flexibility index (Phi) is 12.2. The summed E-state index contributed by atoms with van der Waals surface area (Å²) in [4.78, 5) is 2.36. The Morgan fingerprint density at radius 3 is 1.90 bits per heavy atom. The minimum absolute atomic E-state index is 0.0910. The SMILES string of the molecule is C=C/C=C(\C=C/N(c1ccc(-c2cccc(C)c2-c2ccccc2C(C)CC)cc1)c1cccc2c1-c1ccccc1C2(C)C)c1ccccc1.Cc1ccccc1. The summed E-state index contributed by atoms with van der Waals surface area (Å²) in [5.41, 5.74) is 18.9. The third-order valence-electron chi connectivity index (χ3n) is 11.7. The summed E-state index contributed by atoms with van der Waals surface area (Å²) in [7, 11) is 0. The molecule has 0 bridgehead atoms. The summed E-state index contributed by atoms with van der Waals surface area (Å²) < 4.78 is 0. The van der Waals surface area contributed by atoms with Crippen LogP contribution in [0.2, 0.25) is 0 Å². The molecule has 58 heavy (non-hydrogen) atoms. The molecule has 1 aliphatic carbocycles. The van der Waals surface area contributed by atoms with E-state index in [1.54, 1.807) is 0 Å². The van der Waals surface area contributed by atoms with Crippen molar-refractivity contribution in [2.75, 3.05) is 4.90 Å². The molecule has 0 amide bonds. The van der Waals surface area contributed by atoms with Crippen molar-refractivity contribution in [2.45, 2.75) is 59.3 Å². The van der Waals surface area contributed by atoms with Crippen LogP contribution in [0.25, 0.3) is 39.0 Å². The van der Waals surface area contributed by atoms with Crippen LogP contribution in [0.3, 0.4) is 0 Å². The van der Waals surface area contributed by atoms with Gasteiger partial charge in [0.05, 0.1) is 5.69 Å². The van der Waals surface area contributed by atoms with Gasteiger partial charge in [-0.05, 0) is 112 Å². The number of fused-ring (bicyclic) bond motifs is 3. The van der Waals surface area contributed by atoms with Gasteiger partial charge in [-0.15, -0.1) is 0 Å². The Bertz CT molecular complexity index is 2550. The van der Waals surface area contributed by atoms with Gasteiger partial charge in [0.1, 0.15) is 0 Å². The van der Waals surface area contributed by atoms with E-state index in [9.17, 15) is 0 Å². The second-order valence-corrected chi connectivity index (χ2v) is 15.9. The molecule has 0 radical (unpaired) electrons. The predicted molar refractivity (Wildman–Crippen MR) is 252 cm³/mol. The number of benzene rings is 7. The Balaban J connectivity index is 0.000000662. The lowest BCUT2D eigenvalue weighted by Gasteiger charge is -2.26. The summed E-state index contributed by atoms with van der Waals surface area (Å²) in [6.07, 6.45) is 9.48. The smallest absolute Gasteiger partial charge is 0.0537 e. The molecule has 0 saturated carbocycles. The molecular weight excluding hydrogens is 699 g/mol. The lowest BCUT2D eigenvalue weighted by Crippen LogP contribution is -2.15. The van der Waals surface area contributed by atoms with Gasteiger partial charge < -0.3 is 4.90 Å². The van der Waals surface area contributed by atoms with Crippen LogP contribution >= 0.6 is 0 Å². The maximum atomic E-state index is 4.03. The van der Waals surface area contributed by atoms with E-state index in [1.165, 1.54) is 66.9 Å². The van der Waals surface area contributed by atoms with Crippen molar-refractivity contribution in [3.05, 3.63) is 234 Å². The third kappa shape index (κ3) is 8.18. The second kappa shape index (κ2) is 17.8. The Morgan fingerprint density at radius 2 is 1.22 bits per heavy atom. The van der Waals surface area contributed by atoms with Gasteiger partial charge in [0.2, 0.25) is 0 Å². The number of hydrogen-bond acceptors (Lipinski definition) is 1. The second-order valence-electron chi connectivity index (χ2n) is 15.9. The fraction of sp³-hybridized carbons (Fsp3) is 0.158. The zero-order valence-electron chi connectivity index (χ0n) is 34.9. The molecule has 1 atom stereocenters. The Morgan fingerprint density at radius 1 is 0.621 bits per heavy atom. The van der Waals surface area contributed by atoms with E-state index < -0.39 is 0 Å². The highest BCUT2D eigenvalue weighted by atomic mass is 15.1. The first-order valence-corrected chi connectivity index (χ1v) is 20.6. The molecule has 1 unspecified atom stereocenters. The molecule has 0 fully saturated rings. The summed E-state index contributed by atoms with van der Waals surface area (Å²) >= 11 is 0. The quantitative estimate of drug-likeness (QED) is 0.126. The molecule has 0 aliphatic heterocycles. The monoisotopic (exact) mass is 753 g/mol. The molecule has 0 heterocycles. The van der Waals surface area contributed by atoms with Gasteiger partial charge in [-0.3, -0.25) is 0 Å². The minimum atomic E-state index is -0.0910. The van der Waals surface area contributed by atoms with E-state index >= 15 is 0 Å². The summed E-state index contributed by atoms with van der Waals surface area (Å²) in [6.45, 7) is 17.6.